The maximum Gasteiger partial charge on any atom is 0.252 e. The molecule has 0 unspecified atom stereocenters. The summed E-state index contributed by atoms with van der Waals surface area (Å²) in [7, 11) is 0. The van der Waals surface area contributed by atoms with Crippen LogP contribution >= 0.6 is 11.3 Å². The molecule has 2 amide bonds. The van der Waals surface area contributed by atoms with Gasteiger partial charge in [0.15, 0.2) is 0 Å². The van der Waals surface area contributed by atoms with Crippen LogP contribution in [0.2, 0.25) is 0 Å². The van der Waals surface area contributed by atoms with Crippen LogP contribution < -0.4 is 5.32 Å². The lowest BCUT2D eigenvalue weighted by Crippen LogP contribution is -2.33. The minimum atomic E-state index is -0.0827. The first kappa shape index (κ1) is 18.9. The van der Waals surface area contributed by atoms with Crippen molar-refractivity contribution in [2.24, 2.45) is 0 Å². The number of carbonyl (C=O) groups is 2. The van der Waals surface area contributed by atoms with Gasteiger partial charge in [-0.15, -0.1) is 6.58 Å². The third-order valence-corrected chi connectivity index (χ3v) is 4.53. The average Bonchev–Trinajstić information content (AvgIpc) is 3.17. The predicted molar refractivity (Wildman–Crippen MR) is 103 cm³/mol. The Morgan fingerprint density at radius 3 is 2.68 bits per heavy atom. The highest BCUT2D eigenvalue weighted by molar-refractivity contribution is 7.08. The number of nitrogens with one attached hydrogen (secondary N) is 1. The van der Waals surface area contributed by atoms with Gasteiger partial charge >= 0.3 is 0 Å². The van der Waals surface area contributed by atoms with Crippen molar-refractivity contribution < 1.29 is 9.59 Å². The molecular weight excluding hydrogens is 332 g/mol. The minimum Gasteiger partial charge on any atom is -0.352 e. The highest BCUT2D eigenvalue weighted by atomic mass is 32.1. The van der Waals surface area contributed by atoms with E-state index >= 15 is 0 Å². The lowest BCUT2D eigenvalue weighted by atomic mass is 10.1. The first-order chi connectivity index (χ1) is 12.2. The van der Waals surface area contributed by atoms with Gasteiger partial charge in [0.05, 0.1) is 0 Å². The van der Waals surface area contributed by atoms with Gasteiger partial charge in [0.2, 0.25) is 5.91 Å². The lowest BCUT2D eigenvalue weighted by Gasteiger charge is -2.21. The van der Waals surface area contributed by atoms with E-state index in [4.69, 9.17) is 0 Å². The van der Waals surface area contributed by atoms with Crippen LogP contribution in [-0.4, -0.2) is 36.3 Å². The molecule has 0 aliphatic rings. The van der Waals surface area contributed by atoms with E-state index < -0.39 is 0 Å². The van der Waals surface area contributed by atoms with E-state index in [-0.39, 0.29) is 11.8 Å². The van der Waals surface area contributed by atoms with Crippen molar-refractivity contribution >= 4 is 23.2 Å². The summed E-state index contributed by atoms with van der Waals surface area (Å²) in [5, 5.41) is 6.53. The molecule has 2 aromatic rings. The van der Waals surface area contributed by atoms with E-state index in [2.05, 4.69) is 24.0 Å². The summed E-state index contributed by atoms with van der Waals surface area (Å²) in [5.74, 6) is 0.0151. The number of benzene rings is 1. The van der Waals surface area contributed by atoms with E-state index in [1.165, 1.54) is 16.9 Å². The van der Waals surface area contributed by atoms with Crippen molar-refractivity contribution in [1.82, 2.24) is 10.2 Å². The Morgan fingerprint density at radius 2 is 2.00 bits per heavy atom. The van der Waals surface area contributed by atoms with Crippen molar-refractivity contribution in [3.8, 4) is 0 Å². The molecule has 0 fully saturated rings. The third kappa shape index (κ3) is 6.55. The fourth-order valence-electron chi connectivity index (χ4n) is 2.48. The molecule has 2 rings (SSSR count). The molecule has 132 valence electrons. The standard InChI is InChI=1S/C20H24N2O2S/c1-2-13-22(14-10-17-7-4-3-5-8-17)19(23)9-6-12-21-20(24)18-11-15-25-16-18/h2-5,7-8,11,15-16H,1,6,9-10,12-14H2,(H,21,24). The van der Waals surface area contributed by atoms with Crippen LogP contribution in [0.4, 0.5) is 0 Å². The van der Waals surface area contributed by atoms with Crippen LogP contribution in [-0.2, 0) is 11.2 Å². The van der Waals surface area contributed by atoms with Gasteiger partial charge in [-0.2, -0.15) is 11.3 Å². The Kier molecular flexibility index (Phi) is 7.92. The molecule has 0 saturated carbocycles. The Hall–Kier alpha value is -2.40. The van der Waals surface area contributed by atoms with Crippen LogP contribution in [0.25, 0.3) is 0 Å². The first-order valence-electron chi connectivity index (χ1n) is 8.43. The molecule has 0 atom stereocenters. The van der Waals surface area contributed by atoms with Gasteiger partial charge in [-0.3, -0.25) is 9.59 Å². The van der Waals surface area contributed by atoms with Crippen LogP contribution in [0, 0.1) is 0 Å². The minimum absolute atomic E-state index is 0.0827. The van der Waals surface area contributed by atoms with Gasteiger partial charge in [0.1, 0.15) is 0 Å². The zero-order chi connectivity index (χ0) is 17.9. The number of hydrogen-bond donors (Lipinski definition) is 1. The van der Waals surface area contributed by atoms with Crippen LogP contribution in [0.1, 0.15) is 28.8 Å². The Labute approximate surface area is 153 Å². The van der Waals surface area contributed by atoms with Gasteiger partial charge in [0.25, 0.3) is 5.91 Å². The largest absolute Gasteiger partial charge is 0.352 e. The van der Waals surface area contributed by atoms with E-state index in [0.717, 1.165) is 6.42 Å². The number of nitrogens with zero attached hydrogens (tertiary/aromatic N) is 1. The maximum absolute atomic E-state index is 12.4. The maximum atomic E-state index is 12.4. The Bertz CT molecular complexity index is 668. The third-order valence-electron chi connectivity index (χ3n) is 3.85. The second-order valence-electron chi connectivity index (χ2n) is 5.74. The zero-order valence-corrected chi connectivity index (χ0v) is 15.1. The van der Waals surface area contributed by atoms with Gasteiger partial charge < -0.3 is 10.2 Å². The number of carbonyl (C=O) groups excluding carboxylic acids is 2. The molecule has 0 saturated heterocycles. The van der Waals surface area contributed by atoms with Crippen molar-refractivity contribution in [2.45, 2.75) is 19.3 Å². The second-order valence-corrected chi connectivity index (χ2v) is 6.52. The number of rotatable bonds is 10. The summed E-state index contributed by atoms with van der Waals surface area (Å²) in [4.78, 5) is 26.0. The van der Waals surface area contributed by atoms with Gasteiger partial charge in [-0.05, 0) is 29.9 Å². The molecule has 0 radical (unpaired) electrons. The zero-order valence-electron chi connectivity index (χ0n) is 14.3. The Balaban J connectivity index is 1.72. The van der Waals surface area contributed by atoms with Gasteiger partial charge in [-0.25, -0.2) is 0 Å². The van der Waals surface area contributed by atoms with Gasteiger partial charge in [-0.1, -0.05) is 36.4 Å². The summed E-state index contributed by atoms with van der Waals surface area (Å²) in [6.07, 6.45) is 3.64. The van der Waals surface area contributed by atoms with Crippen molar-refractivity contribution in [1.29, 1.82) is 0 Å². The van der Waals surface area contributed by atoms with E-state index in [0.29, 0.717) is 38.0 Å². The summed E-state index contributed by atoms with van der Waals surface area (Å²) in [6.45, 7) is 5.46. The smallest absolute Gasteiger partial charge is 0.252 e. The topological polar surface area (TPSA) is 49.4 Å². The molecule has 0 bridgehead atoms. The van der Waals surface area contributed by atoms with E-state index in [1.54, 1.807) is 12.1 Å². The molecule has 1 aromatic heterocycles. The number of thiophene rings is 1. The molecule has 4 nitrogen and oxygen atoms in total. The number of amides is 2. The summed E-state index contributed by atoms with van der Waals surface area (Å²) in [5.41, 5.74) is 1.89. The molecule has 1 N–H and O–H groups in total. The van der Waals surface area contributed by atoms with Crippen LogP contribution in [0.3, 0.4) is 0 Å². The fraction of sp³-hybridized carbons (Fsp3) is 0.300. The predicted octanol–water partition coefficient (Wildman–Crippen LogP) is 3.52. The molecule has 1 aromatic carbocycles. The molecule has 5 heteroatoms. The van der Waals surface area contributed by atoms with E-state index in [1.807, 2.05) is 33.9 Å². The molecule has 0 spiro atoms. The van der Waals surface area contributed by atoms with Crippen molar-refractivity contribution in [3.63, 3.8) is 0 Å². The lowest BCUT2D eigenvalue weighted by molar-refractivity contribution is -0.130. The summed E-state index contributed by atoms with van der Waals surface area (Å²) >= 11 is 1.49. The monoisotopic (exact) mass is 356 g/mol. The normalized spacial score (nSPS) is 10.2. The molecule has 1 heterocycles. The SMILES string of the molecule is C=CCN(CCc1ccccc1)C(=O)CCCNC(=O)c1ccsc1. The summed E-state index contributed by atoms with van der Waals surface area (Å²) in [6, 6.07) is 11.9. The van der Waals surface area contributed by atoms with E-state index in [9.17, 15) is 9.59 Å². The van der Waals surface area contributed by atoms with Crippen molar-refractivity contribution in [3.05, 3.63) is 70.9 Å². The van der Waals surface area contributed by atoms with Crippen molar-refractivity contribution in [2.75, 3.05) is 19.6 Å². The second kappa shape index (κ2) is 10.5. The molecular formula is C20H24N2O2S. The van der Waals surface area contributed by atoms with Gasteiger partial charge in [0, 0.05) is 37.0 Å². The van der Waals surface area contributed by atoms with Crippen LogP contribution in [0.5, 0.6) is 0 Å². The quantitative estimate of drug-likeness (QED) is 0.523. The fourth-order valence-corrected chi connectivity index (χ4v) is 3.11. The van der Waals surface area contributed by atoms with Crippen LogP contribution in [0.15, 0.2) is 59.8 Å². The highest BCUT2D eigenvalue weighted by Crippen LogP contribution is 2.06. The Morgan fingerprint density at radius 1 is 1.20 bits per heavy atom. The summed E-state index contributed by atoms with van der Waals surface area (Å²) < 4.78 is 0. The first-order valence-corrected chi connectivity index (χ1v) is 9.38. The number of hydrogen-bond acceptors (Lipinski definition) is 3. The molecule has 0 aliphatic carbocycles. The molecule has 0 aliphatic heterocycles. The average molecular weight is 356 g/mol. The highest BCUT2D eigenvalue weighted by Gasteiger charge is 2.12. The molecule has 25 heavy (non-hydrogen) atoms.